The van der Waals surface area contributed by atoms with E-state index in [2.05, 4.69) is 111 Å². The van der Waals surface area contributed by atoms with Crippen molar-refractivity contribution >= 4 is 82.4 Å². The van der Waals surface area contributed by atoms with Gasteiger partial charge in [0.15, 0.2) is 0 Å². The second kappa shape index (κ2) is 7.68. The van der Waals surface area contributed by atoms with Gasteiger partial charge in [-0.2, -0.15) is 0 Å². The molecule has 0 unspecified atom stereocenters. The molecule has 0 atom stereocenters. The Balaban J connectivity index is 1.80. The van der Waals surface area contributed by atoms with E-state index >= 15 is 0 Å². The van der Waals surface area contributed by atoms with Crippen molar-refractivity contribution in [1.82, 2.24) is 4.98 Å². The second-order valence-corrected chi connectivity index (χ2v) is 23.7. The van der Waals surface area contributed by atoms with Crippen molar-refractivity contribution in [3.8, 4) is 0 Å². The van der Waals surface area contributed by atoms with Crippen molar-refractivity contribution in [3.05, 3.63) is 84.6 Å². The molecule has 0 aliphatic rings. The van der Waals surface area contributed by atoms with E-state index in [9.17, 15) is 0 Å². The second-order valence-electron chi connectivity index (χ2n) is 13.1. The predicted octanol–water partition coefficient (Wildman–Crippen LogP) is 9.57. The van der Waals surface area contributed by atoms with Crippen LogP contribution in [0.4, 0.5) is 0 Å². The van der Waals surface area contributed by atoms with Crippen LogP contribution in [0.15, 0.2) is 79.0 Å². The van der Waals surface area contributed by atoms with Crippen molar-refractivity contribution in [2.24, 2.45) is 5.41 Å². The Labute approximate surface area is 221 Å². The van der Waals surface area contributed by atoms with E-state index < -0.39 is 13.3 Å². The third-order valence-electron chi connectivity index (χ3n) is 8.12. The maximum absolute atomic E-state index is 5.08. The monoisotopic (exact) mass is 541 g/mol. The third kappa shape index (κ3) is 3.40. The van der Waals surface area contributed by atoms with Gasteiger partial charge in [-0.15, -0.1) is 0 Å². The van der Waals surface area contributed by atoms with Crippen LogP contribution in [-0.4, -0.2) is 18.3 Å². The van der Waals surface area contributed by atoms with Crippen LogP contribution < -0.4 is 4.40 Å². The topological polar surface area (TPSA) is 12.9 Å². The van der Waals surface area contributed by atoms with Gasteiger partial charge in [-0.3, -0.25) is 0 Å². The first-order chi connectivity index (χ1) is 17.6. The fraction of sp³-hybridized carbons (Fsp3) is 0.229. The van der Waals surface area contributed by atoms with Gasteiger partial charge in [-0.1, -0.05) is 0 Å². The van der Waals surface area contributed by atoms with Crippen molar-refractivity contribution in [2.45, 2.75) is 44.5 Å². The Morgan fingerprint density at radius 1 is 0.622 bits per heavy atom. The molecule has 1 heterocycles. The summed E-state index contributed by atoms with van der Waals surface area (Å²) in [6.45, 7) is 7.05. The molecule has 37 heavy (non-hydrogen) atoms. The van der Waals surface area contributed by atoms with Gasteiger partial charge in [0.05, 0.1) is 0 Å². The van der Waals surface area contributed by atoms with Crippen LogP contribution in [0.5, 0.6) is 0 Å². The Hall–Kier alpha value is -3.17. The molecule has 0 aliphatic heterocycles. The van der Waals surface area contributed by atoms with Crippen molar-refractivity contribution in [1.29, 1.82) is 0 Å². The Bertz CT molecular complexity index is 2020. The summed E-state index contributed by atoms with van der Waals surface area (Å²) < 4.78 is 1.56. The minimum atomic E-state index is -1.99. The van der Waals surface area contributed by atoms with Crippen LogP contribution in [-0.2, 0) is 6.42 Å². The van der Waals surface area contributed by atoms with Gasteiger partial charge in [0, 0.05) is 0 Å². The number of fused-ring (bicyclic) bond motifs is 7. The van der Waals surface area contributed by atoms with Crippen LogP contribution in [0.1, 0.15) is 26.3 Å². The molecule has 0 aliphatic carbocycles. The summed E-state index contributed by atoms with van der Waals surface area (Å²) in [6, 6.07) is 27.8. The molecule has 0 saturated heterocycles. The summed E-state index contributed by atoms with van der Waals surface area (Å²) in [5, 5.41) is 14.8. The molecule has 1 aromatic heterocycles. The quantitative estimate of drug-likeness (QED) is 0.121. The van der Waals surface area contributed by atoms with Gasteiger partial charge in [-0.05, 0) is 0 Å². The molecule has 0 radical (unpaired) electrons. The minimum absolute atomic E-state index is 0.169. The fourth-order valence-corrected chi connectivity index (χ4v) is 8.93. The molecule has 7 rings (SSSR count). The molecule has 0 bridgehead atoms. The number of benzene rings is 6. The predicted molar refractivity (Wildman–Crippen MR) is 167 cm³/mol. The van der Waals surface area contributed by atoms with E-state index in [0.717, 1.165) is 11.9 Å². The van der Waals surface area contributed by atoms with Gasteiger partial charge >= 0.3 is 222 Å². The summed E-state index contributed by atoms with van der Waals surface area (Å²) >= 11 is -1.99. The first-order valence-corrected chi connectivity index (χ1v) is 20.8. The molecule has 0 saturated carbocycles. The number of nitrogens with zero attached hydrogens (tertiary/aromatic N) is 1. The fourth-order valence-electron chi connectivity index (χ4n) is 6.50. The van der Waals surface area contributed by atoms with E-state index in [0.29, 0.717) is 0 Å². The Morgan fingerprint density at radius 3 is 2.14 bits per heavy atom. The summed E-state index contributed by atoms with van der Waals surface area (Å²) in [5.41, 5.74) is 2.76. The van der Waals surface area contributed by atoms with Crippen molar-refractivity contribution in [2.75, 3.05) is 0 Å². The molecule has 0 spiro atoms. The zero-order valence-electron chi connectivity index (χ0n) is 22.7. The number of rotatable bonds is 2. The van der Waals surface area contributed by atoms with Crippen LogP contribution >= 0.6 is 0 Å². The molecule has 7 aromatic rings. The van der Waals surface area contributed by atoms with E-state index in [-0.39, 0.29) is 5.41 Å². The number of aromatic nitrogens is 1. The summed E-state index contributed by atoms with van der Waals surface area (Å²) in [6.07, 6.45) is 3.04. The maximum atomic E-state index is 5.08. The third-order valence-corrected chi connectivity index (χ3v) is 12.4. The molecule has 6 aromatic carbocycles. The zero-order chi connectivity index (χ0) is 25.7. The standard InChI is InChI=1S/C35H33GeN/c1-35(2,3)20-30-23-11-8-7-10-21(23)18-29-31(30)27-13-9-12-25-28-19-22(36(4,5)6)14-15-24(28)26-16-17-37-34(29)33(26)32(25)27/h7-19H,20H2,1-6H3. The van der Waals surface area contributed by atoms with Crippen molar-refractivity contribution in [3.63, 3.8) is 0 Å². The Kier molecular flexibility index (Phi) is 4.77. The van der Waals surface area contributed by atoms with Gasteiger partial charge in [0.25, 0.3) is 0 Å². The van der Waals surface area contributed by atoms with Crippen LogP contribution in [0, 0.1) is 5.41 Å². The summed E-state index contributed by atoms with van der Waals surface area (Å²) in [7, 11) is 0. The first-order valence-electron chi connectivity index (χ1n) is 13.4. The van der Waals surface area contributed by atoms with Gasteiger partial charge in [-0.25, -0.2) is 0 Å². The van der Waals surface area contributed by atoms with Gasteiger partial charge < -0.3 is 0 Å². The summed E-state index contributed by atoms with van der Waals surface area (Å²) in [5.74, 6) is 7.46. The van der Waals surface area contributed by atoms with E-state index in [4.69, 9.17) is 4.98 Å². The molecular formula is C35H33GeN. The van der Waals surface area contributed by atoms with E-state index in [1.807, 2.05) is 6.20 Å². The summed E-state index contributed by atoms with van der Waals surface area (Å²) in [4.78, 5) is 5.08. The molecule has 1 nitrogen and oxygen atoms in total. The van der Waals surface area contributed by atoms with Crippen LogP contribution in [0.2, 0.25) is 17.3 Å². The van der Waals surface area contributed by atoms with E-state index in [1.54, 1.807) is 4.40 Å². The van der Waals surface area contributed by atoms with Gasteiger partial charge in [0.2, 0.25) is 0 Å². The normalized spacial score (nSPS) is 13.2. The van der Waals surface area contributed by atoms with Crippen LogP contribution in [0.25, 0.3) is 64.8 Å². The van der Waals surface area contributed by atoms with Crippen molar-refractivity contribution < 1.29 is 0 Å². The molecular weight excluding hydrogens is 507 g/mol. The average Bonchev–Trinajstić information content (AvgIpc) is 2.86. The average molecular weight is 540 g/mol. The number of pyridine rings is 1. The first kappa shape index (κ1) is 23.0. The molecule has 0 fully saturated rings. The SMILES string of the molecule is CC(C)(C)Cc1c2ccccc2cc2c3nccc4c5cc[c]([Ge]([CH3])([CH3])[CH3])cc5c5cccc(c12)c5c43. The van der Waals surface area contributed by atoms with E-state index in [1.165, 1.54) is 64.8 Å². The van der Waals surface area contributed by atoms with Gasteiger partial charge in [0.1, 0.15) is 0 Å². The molecule has 182 valence electrons. The number of hydrogen-bond donors (Lipinski definition) is 0. The zero-order valence-corrected chi connectivity index (χ0v) is 24.8. The molecule has 0 N–H and O–H groups in total. The molecule has 0 amide bonds. The molecule has 2 heteroatoms. The Morgan fingerprint density at radius 2 is 1.35 bits per heavy atom. The number of hydrogen-bond acceptors (Lipinski definition) is 1. The van der Waals surface area contributed by atoms with Crippen LogP contribution in [0.3, 0.4) is 0 Å².